The smallest absolute Gasteiger partial charge is 0.342 e. The van der Waals surface area contributed by atoms with E-state index in [1.54, 1.807) is 13.0 Å². The molecule has 22 heavy (non-hydrogen) atoms. The first-order chi connectivity index (χ1) is 10.7. The Hall–Kier alpha value is -2.68. The molecule has 0 saturated heterocycles. The first-order valence-electron chi connectivity index (χ1n) is 7.21. The van der Waals surface area contributed by atoms with Crippen LogP contribution in [-0.4, -0.2) is 11.8 Å². The van der Waals surface area contributed by atoms with Crippen LogP contribution in [0.2, 0.25) is 0 Å². The lowest BCUT2D eigenvalue weighted by Crippen LogP contribution is -2.15. The maximum absolute atomic E-state index is 12.2. The van der Waals surface area contributed by atoms with Crippen LogP contribution in [0, 0.1) is 0 Å². The minimum atomic E-state index is -0.584. The molecule has 2 rings (SSSR count). The summed E-state index contributed by atoms with van der Waals surface area (Å²) in [6.45, 7) is 1.88. The van der Waals surface area contributed by atoms with Gasteiger partial charge in [-0.3, -0.25) is 4.79 Å². The molecular weight excluding hydrogens is 276 g/mol. The zero-order valence-corrected chi connectivity index (χ0v) is 12.5. The quantitative estimate of drug-likeness (QED) is 0.352. The molecule has 0 amide bonds. The third kappa shape index (κ3) is 4.42. The van der Waals surface area contributed by atoms with Gasteiger partial charge in [0.1, 0.15) is 12.2 Å². The second-order valence-electron chi connectivity index (χ2n) is 4.81. The lowest BCUT2D eigenvalue weighted by molar-refractivity contribution is -0.141. The zero-order valence-electron chi connectivity index (χ0n) is 12.5. The summed E-state index contributed by atoms with van der Waals surface area (Å²) >= 11 is 0. The van der Waals surface area contributed by atoms with E-state index in [0.29, 0.717) is 0 Å². The Morgan fingerprint density at radius 2 is 1.55 bits per heavy atom. The summed E-state index contributed by atoms with van der Waals surface area (Å²) in [7, 11) is 0. The van der Waals surface area contributed by atoms with Crippen molar-refractivity contribution in [1.82, 2.24) is 0 Å². The van der Waals surface area contributed by atoms with Crippen molar-refractivity contribution in [2.24, 2.45) is 0 Å². The summed E-state index contributed by atoms with van der Waals surface area (Å²) < 4.78 is 5.26. The molecule has 3 heteroatoms. The standard InChI is InChI=1S/C19H18O3/c1-2-18(20)17(13-15-9-5-3-6-10-15)19(21)22-14-16-11-7-4-8-12-16/h3-13H,2,14H2,1H3/b17-13-. The highest BCUT2D eigenvalue weighted by Crippen LogP contribution is 2.12. The molecule has 0 unspecified atom stereocenters. The Morgan fingerprint density at radius 3 is 2.14 bits per heavy atom. The summed E-state index contributed by atoms with van der Waals surface area (Å²) in [6, 6.07) is 18.7. The van der Waals surface area contributed by atoms with Crippen LogP contribution in [0.4, 0.5) is 0 Å². The molecule has 0 spiro atoms. The average molecular weight is 294 g/mol. The van der Waals surface area contributed by atoms with Gasteiger partial charge in [-0.15, -0.1) is 0 Å². The predicted molar refractivity (Wildman–Crippen MR) is 86.0 cm³/mol. The minimum Gasteiger partial charge on any atom is -0.457 e. The molecule has 0 saturated carbocycles. The van der Waals surface area contributed by atoms with Crippen molar-refractivity contribution in [3.05, 3.63) is 77.4 Å². The number of hydrogen-bond donors (Lipinski definition) is 0. The van der Waals surface area contributed by atoms with E-state index in [1.807, 2.05) is 60.7 Å². The number of benzene rings is 2. The number of hydrogen-bond acceptors (Lipinski definition) is 3. The molecular formula is C19H18O3. The van der Waals surface area contributed by atoms with Crippen molar-refractivity contribution in [2.45, 2.75) is 20.0 Å². The van der Waals surface area contributed by atoms with E-state index >= 15 is 0 Å². The highest BCUT2D eigenvalue weighted by molar-refractivity contribution is 6.20. The normalized spacial score (nSPS) is 11.0. The second kappa shape index (κ2) is 7.93. The van der Waals surface area contributed by atoms with Crippen molar-refractivity contribution in [2.75, 3.05) is 0 Å². The third-order valence-corrected chi connectivity index (χ3v) is 3.16. The molecule has 2 aromatic carbocycles. The molecule has 0 N–H and O–H groups in total. The highest BCUT2D eigenvalue weighted by atomic mass is 16.5. The van der Waals surface area contributed by atoms with Gasteiger partial charge in [0.25, 0.3) is 0 Å². The van der Waals surface area contributed by atoms with Crippen LogP contribution in [-0.2, 0) is 20.9 Å². The molecule has 0 aliphatic carbocycles. The van der Waals surface area contributed by atoms with Crippen molar-refractivity contribution in [3.63, 3.8) is 0 Å². The minimum absolute atomic E-state index is 0.0876. The Balaban J connectivity index is 2.13. The van der Waals surface area contributed by atoms with Gasteiger partial charge in [0.15, 0.2) is 5.78 Å². The van der Waals surface area contributed by atoms with Crippen molar-refractivity contribution < 1.29 is 14.3 Å². The summed E-state index contributed by atoms with van der Waals surface area (Å²) in [5, 5.41) is 0. The lowest BCUT2D eigenvalue weighted by Gasteiger charge is -2.07. The fraction of sp³-hybridized carbons (Fsp3) is 0.158. The number of esters is 1. The number of carbonyl (C=O) groups excluding carboxylic acids is 2. The number of Topliss-reactive ketones (excluding diaryl/α,β-unsaturated/α-hetero) is 1. The maximum atomic E-state index is 12.2. The van der Waals surface area contributed by atoms with Crippen molar-refractivity contribution in [3.8, 4) is 0 Å². The van der Waals surface area contributed by atoms with Gasteiger partial charge >= 0.3 is 5.97 Å². The van der Waals surface area contributed by atoms with Gasteiger partial charge in [-0.1, -0.05) is 67.6 Å². The van der Waals surface area contributed by atoms with Gasteiger partial charge in [0.05, 0.1) is 0 Å². The second-order valence-corrected chi connectivity index (χ2v) is 4.81. The molecule has 3 nitrogen and oxygen atoms in total. The van der Waals surface area contributed by atoms with Gasteiger partial charge in [-0.2, -0.15) is 0 Å². The molecule has 0 aliphatic rings. The Bertz CT molecular complexity index is 658. The molecule has 0 aromatic heterocycles. The fourth-order valence-electron chi connectivity index (χ4n) is 1.96. The summed E-state index contributed by atoms with van der Waals surface area (Å²) in [5.41, 5.74) is 1.78. The number of ketones is 1. The number of carbonyl (C=O) groups is 2. The van der Waals surface area contributed by atoms with Gasteiger partial charge in [0.2, 0.25) is 0 Å². The van der Waals surface area contributed by atoms with E-state index in [1.165, 1.54) is 0 Å². The lowest BCUT2D eigenvalue weighted by atomic mass is 10.1. The summed E-state index contributed by atoms with van der Waals surface area (Å²) in [5.74, 6) is -0.804. The van der Waals surface area contributed by atoms with Gasteiger partial charge in [-0.05, 0) is 17.2 Å². The van der Waals surface area contributed by atoms with Crippen LogP contribution in [0.1, 0.15) is 24.5 Å². The Kier molecular flexibility index (Phi) is 5.66. The predicted octanol–water partition coefficient (Wildman–Crippen LogP) is 3.79. The van der Waals surface area contributed by atoms with E-state index < -0.39 is 5.97 Å². The van der Waals surface area contributed by atoms with E-state index in [-0.39, 0.29) is 24.4 Å². The number of rotatable bonds is 6. The van der Waals surface area contributed by atoms with E-state index in [9.17, 15) is 9.59 Å². The van der Waals surface area contributed by atoms with Crippen LogP contribution < -0.4 is 0 Å². The Morgan fingerprint density at radius 1 is 0.955 bits per heavy atom. The largest absolute Gasteiger partial charge is 0.457 e. The molecule has 0 aliphatic heterocycles. The molecule has 0 fully saturated rings. The van der Waals surface area contributed by atoms with Crippen LogP contribution in [0.5, 0.6) is 0 Å². The molecule has 2 aromatic rings. The monoisotopic (exact) mass is 294 g/mol. The fourth-order valence-corrected chi connectivity index (χ4v) is 1.96. The third-order valence-electron chi connectivity index (χ3n) is 3.16. The van der Waals surface area contributed by atoms with Crippen LogP contribution >= 0.6 is 0 Å². The summed E-state index contributed by atoms with van der Waals surface area (Å²) in [6.07, 6.45) is 1.85. The SMILES string of the molecule is CCC(=O)/C(=C/c1ccccc1)C(=O)OCc1ccccc1. The molecule has 0 radical (unpaired) electrons. The first kappa shape index (κ1) is 15.7. The van der Waals surface area contributed by atoms with Gasteiger partial charge < -0.3 is 4.74 Å². The van der Waals surface area contributed by atoms with E-state index in [0.717, 1.165) is 11.1 Å². The summed E-state index contributed by atoms with van der Waals surface area (Å²) in [4.78, 5) is 24.2. The van der Waals surface area contributed by atoms with E-state index in [2.05, 4.69) is 0 Å². The van der Waals surface area contributed by atoms with Crippen LogP contribution in [0.3, 0.4) is 0 Å². The molecule has 0 bridgehead atoms. The zero-order chi connectivity index (χ0) is 15.8. The average Bonchev–Trinajstić information content (AvgIpc) is 2.58. The molecule has 112 valence electrons. The first-order valence-corrected chi connectivity index (χ1v) is 7.21. The highest BCUT2D eigenvalue weighted by Gasteiger charge is 2.18. The van der Waals surface area contributed by atoms with Gasteiger partial charge in [0, 0.05) is 6.42 Å². The van der Waals surface area contributed by atoms with Crippen molar-refractivity contribution >= 4 is 17.8 Å². The van der Waals surface area contributed by atoms with Crippen molar-refractivity contribution in [1.29, 1.82) is 0 Å². The van der Waals surface area contributed by atoms with E-state index in [4.69, 9.17) is 4.74 Å². The Labute approximate surface area is 130 Å². The molecule has 0 atom stereocenters. The van der Waals surface area contributed by atoms with Gasteiger partial charge in [-0.25, -0.2) is 4.79 Å². The maximum Gasteiger partial charge on any atom is 0.342 e. The molecule has 0 heterocycles. The number of ether oxygens (including phenoxy) is 1. The van der Waals surface area contributed by atoms with Crippen LogP contribution in [0.15, 0.2) is 66.2 Å². The topological polar surface area (TPSA) is 43.4 Å². The van der Waals surface area contributed by atoms with Crippen LogP contribution in [0.25, 0.3) is 6.08 Å².